The third kappa shape index (κ3) is 6.82. The highest BCUT2D eigenvalue weighted by Gasteiger charge is 2.23. The Morgan fingerprint density at radius 1 is 1.38 bits per heavy atom. The fraction of sp³-hybridized carbons (Fsp3) is 0.857. The van der Waals surface area contributed by atoms with E-state index in [0.717, 1.165) is 51.5 Å². The van der Waals surface area contributed by atoms with Gasteiger partial charge in [0.2, 0.25) is 5.91 Å². The lowest BCUT2D eigenvalue weighted by atomic mass is 10.1. The van der Waals surface area contributed by atoms with Crippen molar-refractivity contribution in [3.8, 4) is 0 Å². The zero-order valence-corrected chi connectivity index (χ0v) is 15.3. The van der Waals surface area contributed by atoms with Crippen LogP contribution in [-0.2, 0) is 9.53 Å². The topological polar surface area (TPSA) is 66.0 Å². The largest absolute Gasteiger partial charge is 0.381 e. The van der Waals surface area contributed by atoms with Crippen LogP contribution in [0.2, 0.25) is 0 Å². The van der Waals surface area contributed by atoms with E-state index in [9.17, 15) is 4.79 Å². The molecule has 1 saturated carbocycles. The summed E-state index contributed by atoms with van der Waals surface area (Å²) in [7, 11) is 2.01. The molecule has 1 atom stereocenters. The number of aliphatic imine (C=N–C) groups is 1. The van der Waals surface area contributed by atoms with Crippen LogP contribution in [0.3, 0.4) is 0 Å². The van der Waals surface area contributed by atoms with Gasteiger partial charge in [-0.15, -0.1) is 24.0 Å². The van der Waals surface area contributed by atoms with Crippen molar-refractivity contribution in [2.75, 3.05) is 39.9 Å². The van der Waals surface area contributed by atoms with E-state index < -0.39 is 0 Å². The summed E-state index contributed by atoms with van der Waals surface area (Å²) in [6.07, 6.45) is 3.32. The number of nitrogens with zero attached hydrogens (tertiary/aromatic N) is 2. The van der Waals surface area contributed by atoms with E-state index in [0.29, 0.717) is 12.0 Å². The number of rotatable bonds is 6. The summed E-state index contributed by atoms with van der Waals surface area (Å²) in [6.45, 7) is 5.63. The number of hydrogen-bond donors (Lipinski definition) is 2. The zero-order valence-electron chi connectivity index (χ0n) is 12.9. The van der Waals surface area contributed by atoms with Crippen molar-refractivity contribution >= 4 is 35.8 Å². The average molecular weight is 410 g/mol. The highest BCUT2D eigenvalue weighted by Crippen LogP contribution is 2.18. The van der Waals surface area contributed by atoms with Gasteiger partial charge < -0.3 is 20.3 Å². The van der Waals surface area contributed by atoms with Crippen LogP contribution in [0.15, 0.2) is 4.99 Å². The molecule has 0 aromatic heterocycles. The minimum atomic E-state index is 0. The fourth-order valence-corrected chi connectivity index (χ4v) is 2.32. The Labute approximate surface area is 144 Å². The monoisotopic (exact) mass is 410 g/mol. The quantitative estimate of drug-likeness (QED) is 0.387. The number of hydrogen-bond acceptors (Lipinski definition) is 3. The molecule has 2 N–H and O–H groups in total. The van der Waals surface area contributed by atoms with Crippen LogP contribution in [0.5, 0.6) is 0 Å². The Hall–Kier alpha value is -0.570. The van der Waals surface area contributed by atoms with Crippen molar-refractivity contribution in [1.82, 2.24) is 15.5 Å². The lowest BCUT2D eigenvalue weighted by Gasteiger charge is -2.24. The molecule has 0 aromatic carbocycles. The van der Waals surface area contributed by atoms with E-state index in [4.69, 9.17) is 4.74 Å². The highest BCUT2D eigenvalue weighted by molar-refractivity contribution is 14.0. The third-order valence-corrected chi connectivity index (χ3v) is 3.57. The second-order valence-electron chi connectivity index (χ2n) is 5.62. The van der Waals surface area contributed by atoms with Crippen LogP contribution in [0, 0.1) is 5.92 Å². The predicted molar refractivity (Wildman–Crippen MR) is 94.1 cm³/mol. The SMILES string of the molecule is CCNC(=NCC(=O)NC1CC1)N(C)CC1CCOC1.I. The molecule has 1 saturated heterocycles. The molecule has 21 heavy (non-hydrogen) atoms. The van der Waals surface area contributed by atoms with Crippen molar-refractivity contribution < 1.29 is 9.53 Å². The van der Waals surface area contributed by atoms with Gasteiger partial charge in [0.1, 0.15) is 6.54 Å². The molecule has 1 unspecified atom stereocenters. The van der Waals surface area contributed by atoms with Crippen molar-refractivity contribution in [3.63, 3.8) is 0 Å². The van der Waals surface area contributed by atoms with Gasteiger partial charge in [0.15, 0.2) is 5.96 Å². The molecule has 1 amide bonds. The van der Waals surface area contributed by atoms with E-state index in [2.05, 4.69) is 20.5 Å². The first-order valence-corrected chi connectivity index (χ1v) is 7.55. The predicted octanol–water partition coefficient (Wildman–Crippen LogP) is 0.817. The summed E-state index contributed by atoms with van der Waals surface area (Å²) in [5, 5.41) is 6.19. The Balaban J connectivity index is 0.00000220. The number of carbonyl (C=O) groups is 1. The maximum absolute atomic E-state index is 11.7. The molecule has 0 radical (unpaired) electrons. The Bertz CT molecular complexity index is 355. The molecule has 0 bridgehead atoms. The fourth-order valence-electron chi connectivity index (χ4n) is 2.32. The summed E-state index contributed by atoms with van der Waals surface area (Å²) in [6, 6.07) is 0.397. The van der Waals surface area contributed by atoms with Crippen LogP contribution < -0.4 is 10.6 Å². The number of halogens is 1. The molecule has 122 valence electrons. The van der Waals surface area contributed by atoms with Crippen LogP contribution in [0.25, 0.3) is 0 Å². The van der Waals surface area contributed by atoms with Gasteiger partial charge in [-0.25, -0.2) is 4.99 Å². The van der Waals surface area contributed by atoms with E-state index in [-0.39, 0.29) is 36.4 Å². The molecule has 1 aliphatic heterocycles. The molecular formula is C14H27IN4O2. The Morgan fingerprint density at radius 3 is 2.71 bits per heavy atom. The average Bonchev–Trinajstić information content (AvgIpc) is 3.08. The maximum atomic E-state index is 11.7. The standard InChI is InChI=1S/C14H26N4O2.HI/c1-3-15-14(16-8-13(19)17-12-4-5-12)18(2)9-11-6-7-20-10-11;/h11-12H,3-10H2,1-2H3,(H,15,16)(H,17,19);1H. The van der Waals surface area contributed by atoms with Crippen LogP contribution in [0.1, 0.15) is 26.2 Å². The van der Waals surface area contributed by atoms with E-state index >= 15 is 0 Å². The molecule has 0 spiro atoms. The number of guanidine groups is 1. The van der Waals surface area contributed by atoms with E-state index in [1.54, 1.807) is 0 Å². The first kappa shape index (κ1) is 18.5. The number of ether oxygens (including phenoxy) is 1. The molecule has 1 heterocycles. The summed E-state index contributed by atoms with van der Waals surface area (Å²) in [5.74, 6) is 1.37. The van der Waals surface area contributed by atoms with Gasteiger partial charge in [0.25, 0.3) is 0 Å². The van der Waals surface area contributed by atoms with Crippen LogP contribution in [-0.4, -0.2) is 62.7 Å². The van der Waals surface area contributed by atoms with Gasteiger partial charge in [0, 0.05) is 38.7 Å². The number of carbonyl (C=O) groups excluding carboxylic acids is 1. The Morgan fingerprint density at radius 2 is 2.14 bits per heavy atom. The summed E-state index contributed by atoms with van der Waals surface area (Å²) in [5.41, 5.74) is 0. The van der Waals surface area contributed by atoms with Crippen LogP contribution in [0.4, 0.5) is 0 Å². The van der Waals surface area contributed by atoms with Crippen molar-refractivity contribution in [1.29, 1.82) is 0 Å². The van der Waals surface area contributed by atoms with Gasteiger partial charge in [-0.3, -0.25) is 4.79 Å². The lowest BCUT2D eigenvalue weighted by Crippen LogP contribution is -2.42. The molecule has 2 aliphatic rings. The minimum absolute atomic E-state index is 0. The summed E-state index contributed by atoms with van der Waals surface area (Å²) in [4.78, 5) is 18.2. The number of nitrogens with one attached hydrogen (secondary N) is 2. The van der Waals surface area contributed by atoms with Gasteiger partial charge in [-0.1, -0.05) is 0 Å². The maximum Gasteiger partial charge on any atom is 0.242 e. The second-order valence-corrected chi connectivity index (χ2v) is 5.62. The van der Waals surface area contributed by atoms with Crippen molar-refractivity contribution in [2.24, 2.45) is 10.9 Å². The Kier molecular flexibility index (Phi) is 8.31. The molecule has 7 heteroatoms. The molecule has 6 nitrogen and oxygen atoms in total. The normalized spacial score (nSPS) is 21.6. The first-order valence-electron chi connectivity index (χ1n) is 7.55. The van der Waals surface area contributed by atoms with Gasteiger partial charge in [-0.05, 0) is 26.2 Å². The molecule has 0 aromatic rings. The van der Waals surface area contributed by atoms with Crippen LogP contribution >= 0.6 is 24.0 Å². The first-order chi connectivity index (χ1) is 9.69. The number of amides is 1. The molecule has 2 rings (SSSR count). The van der Waals surface area contributed by atoms with Gasteiger partial charge in [-0.2, -0.15) is 0 Å². The van der Waals surface area contributed by atoms with Crippen molar-refractivity contribution in [2.45, 2.75) is 32.2 Å². The highest BCUT2D eigenvalue weighted by atomic mass is 127. The smallest absolute Gasteiger partial charge is 0.242 e. The molecule has 1 aliphatic carbocycles. The van der Waals surface area contributed by atoms with Gasteiger partial charge in [0.05, 0.1) is 6.61 Å². The second kappa shape index (κ2) is 9.45. The van der Waals surface area contributed by atoms with E-state index in [1.165, 1.54) is 0 Å². The molecular weight excluding hydrogens is 383 g/mol. The third-order valence-electron chi connectivity index (χ3n) is 3.57. The lowest BCUT2D eigenvalue weighted by molar-refractivity contribution is -0.119. The zero-order chi connectivity index (χ0) is 14.4. The molecule has 2 fully saturated rings. The minimum Gasteiger partial charge on any atom is -0.381 e. The van der Waals surface area contributed by atoms with E-state index in [1.807, 2.05) is 14.0 Å². The summed E-state index contributed by atoms with van der Waals surface area (Å²) < 4.78 is 5.40. The summed E-state index contributed by atoms with van der Waals surface area (Å²) >= 11 is 0. The van der Waals surface area contributed by atoms with Crippen molar-refractivity contribution in [3.05, 3.63) is 0 Å². The van der Waals surface area contributed by atoms with Gasteiger partial charge >= 0.3 is 0 Å².